The third-order valence-corrected chi connectivity index (χ3v) is 7.29. The Labute approximate surface area is 184 Å². The number of amides is 1. The number of benzene rings is 2. The molecule has 0 saturated carbocycles. The van der Waals surface area contributed by atoms with Gasteiger partial charge in [0.05, 0.1) is 30.9 Å². The lowest BCUT2D eigenvalue weighted by molar-refractivity contribution is 0.0730. The summed E-state index contributed by atoms with van der Waals surface area (Å²) in [7, 11) is -2.23. The molecule has 1 fully saturated rings. The number of rotatable bonds is 5. The Morgan fingerprint density at radius 1 is 1.13 bits per heavy atom. The number of pyridine rings is 1. The van der Waals surface area contributed by atoms with E-state index in [2.05, 4.69) is 10.3 Å². The molecule has 1 amide bonds. The number of methoxy groups -OCH3 is 1. The third-order valence-electron chi connectivity index (χ3n) is 4.91. The first-order valence-corrected chi connectivity index (χ1v) is 11.3. The van der Waals surface area contributed by atoms with Crippen molar-refractivity contribution < 1.29 is 22.7 Å². The fraction of sp³-hybridized carbons (Fsp3) is 0.238. The molecule has 1 aliphatic heterocycles. The topological polar surface area (TPSA) is 97.8 Å². The smallest absolute Gasteiger partial charge is 0.274 e. The lowest BCUT2D eigenvalue weighted by atomic mass is 10.2. The molecule has 1 saturated heterocycles. The molecule has 0 spiro atoms. The summed E-state index contributed by atoms with van der Waals surface area (Å²) >= 11 is 6.17. The lowest BCUT2D eigenvalue weighted by Gasteiger charge is -2.26. The highest BCUT2D eigenvalue weighted by Gasteiger charge is 2.28. The standard InChI is InChI=1S/C21H20ClN3O5S/c1-29-16-4-7-18-14(12-16)2-6-19(24-18)21(26)23-15-3-5-17(22)20(13-15)31(27,28)25-8-10-30-11-9-25/h2-7,12-13H,8-11H2,1H3,(H,23,26). The number of fused-ring (bicyclic) bond motifs is 1. The predicted molar refractivity (Wildman–Crippen MR) is 117 cm³/mol. The van der Waals surface area contributed by atoms with Crippen LogP contribution in [0, 0.1) is 0 Å². The minimum atomic E-state index is -3.81. The maximum atomic E-state index is 13.0. The van der Waals surface area contributed by atoms with Crippen molar-refractivity contribution in [3.05, 3.63) is 59.2 Å². The molecule has 0 radical (unpaired) electrons. The number of hydrogen-bond donors (Lipinski definition) is 1. The van der Waals surface area contributed by atoms with Crippen molar-refractivity contribution in [1.82, 2.24) is 9.29 Å². The van der Waals surface area contributed by atoms with Gasteiger partial charge in [0, 0.05) is 24.2 Å². The molecular formula is C21H20ClN3O5S. The first kappa shape index (κ1) is 21.5. The summed E-state index contributed by atoms with van der Waals surface area (Å²) < 4.78 is 37.7. The second kappa shape index (κ2) is 8.80. The molecule has 1 N–H and O–H groups in total. The number of anilines is 1. The largest absolute Gasteiger partial charge is 0.497 e. The number of carbonyl (C=O) groups is 1. The van der Waals surface area contributed by atoms with E-state index in [1.54, 1.807) is 37.4 Å². The van der Waals surface area contributed by atoms with Gasteiger partial charge in [0.2, 0.25) is 10.0 Å². The van der Waals surface area contributed by atoms with Crippen LogP contribution in [0.5, 0.6) is 5.75 Å². The summed E-state index contributed by atoms with van der Waals surface area (Å²) in [5.41, 5.74) is 1.14. The number of ether oxygens (including phenoxy) is 2. The minimum absolute atomic E-state index is 0.0626. The molecule has 31 heavy (non-hydrogen) atoms. The summed E-state index contributed by atoms with van der Waals surface area (Å²) in [4.78, 5) is 17.0. The number of halogens is 1. The van der Waals surface area contributed by atoms with E-state index in [1.807, 2.05) is 6.07 Å². The first-order chi connectivity index (χ1) is 14.9. The Balaban J connectivity index is 1.58. The SMILES string of the molecule is COc1ccc2nc(C(=O)Nc3ccc(Cl)c(S(=O)(=O)N4CCOCC4)c3)ccc2c1. The van der Waals surface area contributed by atoms with Gasteiger partial charge in [0.1, 0.15) is 16.3 Å². The second-order valence-corrected chi connectivity index (χ2v) is 9.18. The van der Waals surface area contributed by atoms with Gasteiger partial charge in [0.25, 0.3) is 5.91 Å². The molecule has 8 nitrogen and oxygen atoms in total. The number of sulfonamides is 1. The Morgan fingerprint density at radius 2 is 1.90 bits per heavy atom. The molecule has 2 aromatic carbocycles. The molecular weight excluding hydrogens is 442 g/mol. The molecule has 162 valence electrons. The van der Waals surface area contributed by atoms with Gasteiger partial charge in [-0.25, -0.2) is 13.4 Å². The molecule has 0 atom stereocenters. The summed E-state index contributed by atoms with van der Waals surface area (Å²) in [6, 6.07) is 13.1. The van der Waals surface area contributed by atoms with Gasteiger partial charge in [-0.15, -0.1) is 0 Å². The van der Waals surface area contributed by atoms with E-state index in [-0.39, 0.29) is 28.7 Å². The highest BCUT2D eigenvalue weighted by Crippen LogP contribution is 2.28. The molecule has 1 aromatic heterocycles. The van der Waals surface area contributed by atoms with E-state index in [0.29, 0.717) is 30.2 Å². The van der Waals surface area contributed by atoms with Crippen molar-refractivity contribution in [2.75, 3.05) is 38.7 Å². The van der Waals surface area contributed by atoms with Crippen molar-refractivity contribution in [1.29, 1.82) is 0 Å². The molecule has 3 aromatic rings. The fourth-order valence-electron chi connectivity index (χ4n) is 3.26. The minimum Gasteiger partial charge on any atom is -0.497 e. The monoisotopic (exact) mass is 461 g/mol. The van der Waals surface area contributed by atoms with E-state index in [4.69, 9.17) is 21.1 Å². The van der Waals surface area contributed by atoms with Crippen molar-refractivity contribution in [2.45, 2.75) is 4.90 Å². The summed E-state index contributed by atoms with van der Waals surface area (Å²) in [6.45, 7) is 1.15. The van der Waals surface area contributed by atoms with Crippen molar-refractivity contribution in [3.8, 4) is 5.75 Å². The third kappa shape index (κ3) is 4.49. The van der Waals surface area contributed by atoms with Crippen molar-refractivity contribution in [2.24, 2.45) is 0 Å². The highest BCUT2D eigenvalue weighted by atomic mass is 35.5. The molecule has 10 heteroatoms. The number of morpholine rings is 1. The van der Waals surface area contributed by atoms with Crippen molar-refractivity contribution >= 4 is 44.1 Å². The molecule has 4 rings (SSSR count). The number of nitrogens with zero attached hydrogens (tertiary/aromatic N) is 2. The number of nitrogens with one attached hydrogen (secondary N) is 1. The Kier molecular flexibility index (Phi) is 6.10. The Morgan fingerprint density at radius 3 is 2.65 bits per heavy atom. The van der Waals surface area contributed by atoms with Crippen LogP contribution in [0.1, 0.15) is 10.5 Å². The van der Waals surface area contributed by atoms with Crippen LogP contribution >= 0.6 is 11.6 Å². The summed E-state index contributed by atoms with van der Waals surface area (Å²) in [6.07, 6.45) is 0. The van der Waals surface area contributed by atoms with Gasteiger partial charge in [-0.05, 0) is 42.5 Å². The highest BCUT2D eigenvalue weighted by molar-refractivity contribution is 7.89. The fourth-order valence-corrected chi connectivity index (χ4v) is 5.17. The number of hydrogen-bond acceptors (Lipinski definition) is 6. The lowest BCUT2D eigenvalue weighted by Crippen LogP contribution is -2.40. The Hall–Kier alpha value is -2.72. The van der Waals surface area contributed by atoms with Crippen LogP contribution in [-0.4, -0.2) is 57.0 Å². The average molecular weight is 462 g/mol. The zero-order chi connectivity index (χ0) is 22.0. The Bertz CT molecular complexity index is 1240. The zero-order valence-corrected chi connectivity index (χ0v) is 18.2. The second-order valence-electron chi connectivity index (χ2n) is 6.87. The first-order valence-electron chi connectivity index (χ1n) is 9.52. The van der Waals surface area contributed by atoms with E-state index < -0.39 is 15.9 Å². The van der Waals surface area contributed by atoms with Crippen molar-refractivity contribution in [3.63, 3.8) is 0 Å². The van der Waals surface area contributed by atoms with Crippen LogP contribution in [0.25, 0.3) is 10.9 Å². The van der Waals surface area contributed by atoms with Crippen LogP contribution in [0.2, 0.25) is 5.02 Å². The summed E-state index contributed by atoms with van der Waals surface area (Å²) in [5.74, 6) is 0.233. The molecule has 0 unspecified atom stereocenters. The quantitative estimate of drug-likeness (QED) is 0.626. The van der Waals surface area contributed by atoms with Gasteiger partial charge in [-0.2, -0.15) is 4.31 Å². The molecule has 0 aliphatic carbocycles. The van der Waals surface area contributed by atoms with Crippen LogP contribution in [0.4, 0.5) is 5.69 Å². The van der Waals surface area contributed by atoms with E-state index >= 15 is 0 Å². The van der Waals surface area contributed by atoms with Gasteiger partial charge in [0.15, 0.2) is 0 Å². The normalized spacial score (nSPS) is 15.0. The van der Waals surface area contributed by atoms with Gasteiger partial charge >= 0.3 is 0 Å². The molecule has 0 bridgehead atoms. The number of carbonyl (C=O) groups excluding carboxylic acids is 1. The van der Waals surface area contributed by atoms with Crippen LogP contribution in [-0.2, 0) is 14.8 Å². The average Bonchev–Trinajstić information content (AvgIpc) is 2.80. The molecule has 2 heterocycles. The van der Waals surface area contributed by atoms with E-state index in [9.17, 15) is 13.2 Å². The zero-order valence-electron chi connectivity index (χ0n) is 16.7. The van der Waals surface area contributed by atoms with Crippen LogP contribution in [0.3, 0.4) is 0 Å². The van der Waals surface area contributed by atoms with E-state index in [1.165, 1.54) is 16.4 Å². The summed E-state index contributed by atoms with van der Waals surface area (Å²) in [5, 5.41) is 3.62. The molecule has 1 aliphatic rings. The van der Waals surface area contributed by atoms with Crippen LogP contribution < -0.4 is 10.1 Å². The predicted octanol–water partition coefficient (Wildman–Crippen LogP) is 3.17. The van der Waals surface area contributed by atoms with Gasteiger partial charge in [-0.1, -0.05) is 17.7 Å². The van der Waals surface area contributed by atoms with Gasteiger partial charge < -0.3 is 14.8 Å². The van der Waals surface area contributed by atoms with Gasteiger partial charge in [-0.3, -0.25) is 4.79 Å². The maximum absolute atomic E-state index is 13.0. The van der Waals surface area contributed by atoms with Crippen LogP contribution in [0.15, 0.2) is 53.4 Å². The van der Waals surface area contributed by atoms with E-state index in [0.717, 1.165) is 5.39 Å². The maximum Gasteiger partial charge on any atom is 0.274 e. The number of aromatic nitrogens is 1.